The summed E-state index contributed by atoms with van der Waals surface area (Å²) in [6.07, 6.45) is 0.612. The van der Waals surface area contributed by atoms with Crippen molar-refractivity contribution in [1.82, 2.24) is 10.2 Å². The summed E-state index contributed by atoms with van der Waals surface area (Å²) >= 11 is 3.13. The lowest BCUT2D eigenvalue weighted by Crippen LogP contribution is -1.80. The van der Waals surface area contributed by atoms with Crippen LogP contribution in [-0.4, -0.2) is 16.5 Å². The second-order valence-electron chi connectivity index (χ2n) is 2.54. The summed E-state index contributed by atoms with van der Waals surface area (Å²) in [6.45, 7) is 0. The van der Waals surface area contributed by atoms with Crippen LogP contribution in [0.1, 0.15) is 10.5 Å². The van der Waals surface area contributed by atoms with E-state index >= 15 is 0 Å². The second-order valence-corrected chi connectivity index (χ2v) is 3.45. The van der Waals surface area contributed by atoms with Crippen molar-refractivity contribution in [2.45, 2.75) is 0 Å². The van der Waals surface area contributed by atoms with E-state index in [2.05, 4.69) is 26.1 Å². The van der Waals surface area contributed by atoms with E-state index in [9.17, 15) is 9.18 Å². The van der Waals surface area contributed by atoms with E-state index in [1.165, 1.54) is 6.07 Å². The van der Waals surface area contributed by atoms with Gasteiger partial charge in [-0.25, -0.2) is 4.39 Å². The van der Waals surface area contributed by atoms with Crippen LogP contribution >= 0.6 is 15.9 Å². The quantitative estimate of drug-likeness (QED) is 0.781. The van der Waals surface area contributed by atoms with Gasteiger partial charge in [0.15, 0.2) is 12.1 Å². The SMILES string of the molecule is O=Cc1[nH]nc2c(F)cc(Br)cc12. The molecule has 2 rings (SSSR count). The third-order valence-corrected chi connectivity index (χ3v) is 2.18. The number of aldehydes is 1. The first-order valence-corrected chi connectivity index (χ1v) is 4.30. The zero-order valence-corrected chi connectivity index (χ0v) is 7.93. The van der Waals surface area contributed by atoms with Crippen molar-refractivity contribution in [1.29, 1.82) is 0 Å². The molecule has 0 bridgehead atoms. The van der Waals surface area contributed by atoms with E-state index in [0.717, 1.165) is 0 Å². The third-order valence-electron chi connectivity index (χ3n) is 1.72. The van der Waals surface area contributed by atoms with Gasteiger partial charge in [-0.15, -0.1) is 0 Å². The summed E-state index contributed by atoms with van der Waals surface area (Å²) in [6, 6.07) is 2.95. The Morgan fingerprint density at radius 1 is 1.54 bits per heavy atom. The number of fused-ring (bicyclic) bond motifs is 1. The van der Waals surface area contributed by atoms with Crippen molar-refractivity contribution in [3.63, 3.8) is 0 Å². The molecule has 13 heavy (non-hydrogen) atoms. The van der Waals surface area contributed by atoms with Crippen molar-refractivity contribution in [2.24, 2.45) is 0 Å². The van der Waals surface area contributed by atoms with Crippen LogP contribution in [0.25, 0.3) is 10.9 Å². The van der Waals surface area contributed by atoms with Crippen LogP contribution in [0, 0.1) is 5.82 Å². The molecule has 0 fully saturated rings. The normalized spacial score (nSPS) is 10.6. The number of H-pyrrole nitrogens is 1. The summed E-state index contributed by atoms with van der Waals surface area (Å²) < 4.78 is 13.8. The van der Waals surface area contributed by atoms with Crippen molar-refractivity contribution >= 4 is 33.1 Å². The van der Waals surface area contributed by atoms with Crippen LogP contribution in [0.5, 0.6) is 0 Å². The fourth-order valence-electron chi connectivity index (χ4n) is 1.15. The molecular weight excluding hydrogens is 239 g/mol. The Hall–Kier alpha value is -1.23. The maximum atomic E-state index is 13.2. The number of hydrogen-bond acceptors (Lipinski definition) is 2. The van der Waals surface area contributed by atoms with Crippen LogP contribution in [-0.2, 0) is 0 Å². The highest BCUT2D eigenvalue weighted by Gasteiger charge is 2.09. The highest BCUT2D eigenvalue weighted by Crippen LogP contribution is 2.23. The smallest absolute Gasteiger partial charge is 0.168 e. The largest absolute Gasteiger partial charge is 0.296 e. The second kappa shape index (κ2) is 2.92. The minimum Gasteiger partial charge on any atom is -0.296 e. The number of benzene rings is 1. The van der Waals surface area contributed by atoms with Crippen molar-refractivity contribution in [3.05, 3.63) is 28.1 Å². The molecule has 0 atom stereocenters. The number of nitrogens with one attached hydrogen (secondary N) is 1. The van der Waals surface area contributed by atoms with Gasteiger partial charge in [0.25, 0.3) is 0 Å². The molecule has 66 valence electrons. The average Bonchev–Trinajstić information content (AvgIpc) is 2.47. The molecule has 1 aromatic heterocycles. The van der Waals surface area contributed by atoms with Gasteiger partial charge in [-0.1, -0.05) is 15.9 Å². The molecule has 0 spiro atoms. The number of nitrogens with zero attached hydrogens (tertiary/aromatic N) is 1. The Labute approximate surface area is 81.1 Å². The van der Waals surface area contributed by atoms with Crippen LogP contribution in [0.15, 0.2) is 16.6 Å². The van der Waals surface area contributed by atoms with Gasteiger partial charge in [-0.2, -0.15) is 5.10 Å². The first kappa shape index (κ1) is 8.37. The minimum atomic E-state index is -0.450. The summed E-state index contributed by atoms with van der Waals surface area (Å²) in [5.41, 5.74) is 0.473. The Morgan fingerprint density at radius 3 is 3.00 bits per heavy atom. The van der Waals surface area contributed by atoms with Gasteiger partial charge >= 0.3 is 0 Å². The van der Waals surface area contributed by atoms with Crippen molar-refractivity contribution < 1.29 is 9.18 Å². The van der Waals surface area contributed by atoms with Crippen LogP contribution < -0.4 is 0 Å². The van der Waals surface area contributed by atoms with Gasteiger partial charge in [0, 0.05) is 9.86 Å². The molecular formula is C8H4BrFN2O. The molecule has 5 heteroatoms. The highest BCUT2D eigenvalue weighted by molar-refractivity contribution is 9.10. The fraction of sp³-hybridized carbons (Fsp3) is 0. The van der Waals surface area contributed by atoms with Crippen LogP contribution in [0.4, 0.5) is 4.39 Å². The summed E-state index contributed by atoms with van der Waals surface area (Å²) in [7, 11) is 0. The number of carbonyl (C=O) groups is 1. The van der Waals surface area contributed by atoms with E-state index in [-0.39, 0.29) is 11.2 Å². The average molecular weight is 243 g/mol. The summed E-state index contributed by atoms with van der Waals surface area (Å²) in [4.78, 5) is 10.5. The Bertz CT molecular complexity index is 480. The molecule has 0 aliphatic carbocycles. The first-order valence-electron chi connectivity index (χ1n) is 3.50. The first-order chi connectivity index (χ1) is 6.22. The Kier molecular flexibility index (Phi) is 1.88. The number of carbonyl (C=O) groups excluding carboxylic acids is 1. The third kappa shape index (κ3) is 1.25. The molecule has 0 saturated carbocycles. The van der Waals surface area contributed by atoms with Gasteiger partial charge in [-0.3, -0.25) is 9.89 Å². The predicted molar refractivity (Wildman–Crippen MR) is 49.1 cm³/mol. The van der Waals surface area contributed by atoms with Gasteiger partial charge in [-0.05, 0) is 12.1 Å². The van der Waals surface area contributed by atoms with Gasteiger partial charge in [0.2, 0.25) is 0 Å². The standard InChI is InChI=1S/C8H4BrFN2O/c9-4-1-5-7(3-13)11-12-8(5)6(10)2-4/h1-3H,(H,11,12). The Balaban J connectivity index is 2.89. The zero-order chi connectivity index (χ0) is 9.42. The monoisotopic (exact) mass is 242 g/mol. The van der Waals surface area contributed by atoms with Gasteiger partial charge in [0.1, 0.15) is 11.2 Å². The summed E-state index contributed by atoms with van der Waals surface area (Å²) in [5.74, 6) is -0.450. The molecule has 0 radical (unpaired) electrons. The molecule has 2 aromatic rings. The maximum absolute atomic E-state index is 13.2. The van der Waals surface area contributed by atoms with E-state index < -0.39 is 5.82 Å². The number of halogens is 2. The molecule has 1 aromatic carbocycles. The van der Waals surface area contributed by atoms with Gasteiger partial charge in [0.05, 0.1) is 0 Å². The molecule has 0 unspecified atom stereocenters. The van der Waals surface area contributed by atoms with E-state index in [1.807, 2.05) is 0 Å². The lowest BCUT2D eigenvalue weighted by atomic mass is 10.2. The predicted octanol–water partition coefficient (Wildman–Crippen LogP) is 2.28. The molecule has 0 aliphatic heterocycles. The van der Waals surface area contributed by atoms with Crippen molar-refractivity contribution in [3.8, 4) is 0 Å². The van der Waals surface area contributed by atoms with E-state index in [1.54, 1.807) is 6.07 Å². The molecule has 0 aliphatic rings. The molecule has 3 nitrogen and oxygen atoms in total. The lowest BCUT2D eigenvalue weighted by Gasteiger charge is -1.92. The van der Waals surface area contributed by atoms with Crippen molar-refractivity contribution in [2.75, 3.05) is 0 Å². The number of aromatic nitrogens is 2. The van der Waals surface area contributed by atoms with E-state index in [0.29, 0.717) is 16.1 Å². The molecule has 0 saturated heterocycles. The summed E-state index contributed by atoms with van der Waals surface area (Å²) in [5, 5.41) is 6.62. The maximum Gasteiger partial charge on any atom is 0.168 e. The Morgan fingerprint density at radius 2 is 2.31 bits per heavy atom. The van der Waals surface area contributed by atoms with Crippen LogP contribution in [0.2, 0.25) is 0 Å². The number of hydrogen-bond donors (Lipinski definition) is 1. The lowest BCUT2D eigenvalue weighted by molar-refractivity contribution is 0.112. The highest BCUT2D eigenvalue weighted by atomic mass is 79.9. The number of rotatable bonds is 1. The fourth-order valence-corrected chi connectivity index (χ4v) is 1.58. The number of aromatic amines is 1. The van der Waals surface area contributed by atoms with Gasteiger partial charge < -0.3 is 0 Å². The molecule has 1 heterocycles. The topological polar surface area (TPSA) is 45.8 Å². The molecule has 0 amide bonds. The molecule has 1 N–H and O–H groups in total. The minimum absolute atomic E-state index is 0.185. The van der Waals surface area contributed by atoms with E-state index in [4.69, 9.17) is 0 Å². The van der Waals surface area contributed by atoms with Crippen LogP contribution in [0.3, 0.4) is 0 Å². The zero-order valence-electron chi connectivity index (χ0n) is 6.34.